The maximum absolute atomic E-state index is 11.2. The van der Waals surface area contributed by atoms with Crippen LogP contribution in [0.5, 0.6) is 5.75 Å². The van der Waals surface area contributed by atoms with E-state index in [1.807, 2.05) is 0 Å². The van der Waals surface area contributed by atoms with Crippen molar-refractivity contribution in [3.63, 3.8) is 0 Å². The van der Waals surface area contributed by atoms with Crippen molar-refractivity contribution in [1.82, 2.24) is 0 Å². The summed E-state index contributed by atoms with van der Waals surface area (Å²) in [6, 6.07) is 11.3. The molecule has 0 aromatic heterocycles. The molecule has 2 aromatic rings. The van der Waals surface area contributed by atoms with E-state index >= 15 is 0 Å². The van der Waals surface area contributed by atoms with Crippen LogP contribution in [-0.4, -0.2) is 22.0 Å². The molecule has 0 heterocycles. The second-order valence-electron chi connectivity index (χ2n) is 4.17. The van der Waals surface area contributed by atoms with Crippen LogP contribution in [0.2, 0.25) is 0 Å². The third-order valence-corrected chi connectivity index (χ3v) is 2.85. The smallest absolute Gasteiger partial charge is 0.339 e. The van der Waals surface area contributed by atoms with Crippen LogP contribution in [0.1, 0.15) is 27.6 Å². The van der Waals surface area contributed by atoms with Crippen molar-refractivity contribution < 1.29 is 19.8 Å². The number of ketones is 1. The highest BCUT2D eigenvalue weighted by Crippen LogP contribution is 2.26. The van der Waals surface area contributed by atoms with E-state index in [0.717, 1.165) is 5.56 Å². The Hall–Kier alpha value is -2.62. The number of carboxylic acid groups (broad SMARTS) is 1. The zero-order valence-corrected chi connectivity index (χ0v) is 10.3. The standard InChI is InChI=1S/C15H12O4/c1-9(16)10-2-4-11(5-3-10)12-6-7-13(15(18)19)14(17)8-12/h2-8,17H,1H3,(H,18,19). The maximum atomic E-state index is 11.2. The maximum Gasteiger partial charge on any atom is 0.339 e. The van der Waals surface area contributed by atoms with E-state index in [-0.39, 0.29) is 17.1 Å². The van der Waals surface area contributed by atoms with E-state index in [9.17, 15) is 14.7 Å². The number of aromatic carboxylic acids is 1. The minimum absolute atomic E-state index is 0.0179. The number of hydrogen-bond donors (Lipinski definition) is 2. The van der Waals surface area contributed by atoms with Crippen LogP contribution in [-0.2, 0) is 0 Å². The second-order valence-corrected chi connectivity index (χ2v) is 4.17. The first-order valence-electron chi connectivity index (χ1n) is 5.66. The van der Waals surface area contributed by atoms with Gasteiger partial charge in [0, 0.05) is 5.56 Å². The summed E-state index contributed by atoms with van der Waals surface area (Å²) in [6.45, 7) is 1.49. The summed E-state index contributed by atoms with van der Waals surface area (Å²) in [7, 11) is 0. The van der Waals surface area contributed by atoms with Gasteiger partial charge in [-0.2, -0.15) is 0 Å². The molecule has 4 nitrogen and oxygen atoms in total. The van der Waals surface area contributed by atoms with Gasteiger partial charge in [-0.15, -0.1) is 0 Å². The fraction of sp³-hybridized carbons (Fsp3) is 0.0667. The van der Waals surface area contributed by atoms with Gasteiger partial charge in [0.1, 0.15) is 11.3 Å². The number of aromatic hydroxyl groups is 1. The molecule has 0 unspecified atom stereocenters. The molecule has 0 aliphatic carbocycles. The molecule has 2 aromatic carbocycles. The van der Waals surface area contributed by atoms with Crippen molar-refractivity contribution in [2.24, 2.45) is 0 Å². The van der Waals surface area contributed by atoms with E-state index in [2.05, 4.69) is 0 Å². The molecule has 0 amide bonds. The molecule has 0 atom stereocenters. The molecule has 2 rings (SSSR count). The summed E-state index contributed by atoms with van der Waals surface area (Å²) >= 11 is 0. The van der Waals surface area contributed by atoms with Gasteiger partial charge >= 0.3 is 5.97 Å². The number of hydrogen-bond acceptors (Lipinski definition) is 3. The third-order valence-electron chi connectivity index (χ3n) is 2.85. The molecule has 2 N–H and O–H groups in total. The first kappa shape index (κ1) is 12.8. The van der Waals surface area contributed by atoms with Gasteiger partial charge in [0.25, 0.3) is 0 Å². The Morgan fingerprint density at radius 2 is 1.53 bits per heavy atom. The lowest BCUT2D eigenvalue weighted by molar-refractivity contribution is 0.0693. The van der Waals surface area contributed by atoms with Crippen LogP contribution in [0.25, 0.3) is 11.1 Å². The van der Waals surface area contributed by atoms with Crippen molar-refractivity contribution in [1.29, 1.82) is 0 Å². The predicted molar refractivity (Wildman–Crippen MR) is 70.5 cm³/mol. The quantitative estimate of drug-likeness (QED) is 0.828. The highest BCUT2D eigenvalue weighted by atomic mass is 16.4. The van der Waals surface area contributed by atoms with Crippen LogP contribution >= 0.6 is 0 Å². The summed E-state index contributed by atoms with van der Waals surface area (Å²) in [5.74, 6) is -1.47. The number of carbonyl (C=O) groups excluding carboxylic acids is 1. The summed E-state index contributed by atoms with van der Waals surface area (Å²) < 4.78 is 0. The Balaban J connectivity index is 2.39. The molecule has 0 bridgehead atoms. The van der Waals surface area contributed by atoms with Crippen LogP contribution in [0.4, 0.5) is 0 Å². The molecule has 0 spiro atoms. The van der Waals surface area contributed by atoms with Crippen LogP contribution in [0.15, 0.2) is 42.5 Å². The highest BCUT2D eigenvalue weighted by Gasteiger charge is 2.10. The third kappa shape index (κ3) is 2.63. The molecular weight excluding hydrogens is 244 g/mol. The number of carboxylic acids is 1. The summed E-state index contributed by atoms with van der Waals surface area (Å²) in [6.07, 6.45) is 0. The number of carbonyl (C=O) groups is 2. The van der Waals surface area contributed by atoms with Gasteiger partial charge in [0.2, 0.25) is 0 Å². The van der Waals surface area contributed by atoms with Gasteiger partial charge in [0.15, 0.2) is 5.78 Å². The SMILES string of the molecule is CC(=O)c1ccc(-c2ccc(C(=O)O)c(O)c2)cc1. The van der Waals surface area contributed by atoms with E-state index in [4.69, 9.17) is 5.11 Å². The molecule has 19 heavy (non-hydrogen) atoms. The van der Waals surface area contributed by atoms with Crippen LogP contribution < -0.4 is 0 Å². The van der Waals surface area contributed by atoms with E-state index in [0.29, 0.717) is 11.1 Å². The Morgan fingerprint density at radius 3 is 2.00 bits per heavy atom. The monoisotopic (exact) mass is 256 g/mol. The van der Waals surface area contributed by atoms with Crippen molar-refractivity contribution in [3.05, 3.63) is 53.6 Å². The Bertz CT molecular complexity index is 642. The fourth-order valence-electron chi connectivity index (χ4n) is 1.79. The number of benzene rings is 2. The Labute approximate surface area is 109 Å². The topological polar surface area (TPSA) is 74.6 Å². The first-order valence-corrected chi connectivity index (χ1v) is 5.66. The number of rotatable bonds is 3. The van der Waals surface area contributed by atoms with Gasteiger partial charge in [-0.05, 0) is 30.2 Å². The lowest BCUT2D eigenvalue weighted by Gasteiger charge is -2.05. The predicted octanol–water partition coefficient (Wildman–Crippen LogP) is 2.96. The molecule has 96 valence electrons. The van der Waals surface area contributed by atoms with Gasteiger partial charge in [-0.25, -0.2) is 4.79 Å². The minimum Gasteiger partial charge on any atom is -0.507 e. The van der Waals surface area contributed by atoms with Crippen molar-refractivity contribution >= 4 is 11.8 Å². The van der Waals surface area contributed by atoms with Crippen molar-refractivity contribution in [3.8, 4) is 16.9 Å². The zero-order chi connectivity index (χ0) is 14.0. The number of phenols is 1. The lowest BCUT2D eigenvalue weighted by Crippen LogP contribution is -1.96. The molecule has 0 fully saturated rings. The second kappa shape index (κ2) is 4.94. The van der Waals surface area contributed by atoms with E-state index < -0.39 is 5.97 Å². The largest absolute Gasteiger partial charge is 0.507 e. The fourth-order valence-corrected chi connectivity index (χ4v) is 1.79. The molecule has 0 radical (unpaired) electrons. The van der Waals surface area contributed by atoms with E-state index in [1.165, 1.54) is 19.1 Å². The highest BCUT2D eigenvalue weighted by molar-refractivity contribution is 5.95. The average molecular weight is 256 g/mol. The summed E-state index contributed by atoms with van der Waals surface area (Å²) in [5, 5.41) is 18.5. The Morgan fingerprint density at radius 1 is 0.947 bits per heavy atom. The van der Waals surface area contributed by atoms with Crippen LogP contribution in [0.3, 0.4) is 0 Å². The number of Topliss-reactive ketones (excluding diaryl/α,β-unsaturated/α-hetero) is 1. The first-order chi connectivity index (χ1) is 8.99. The van der Waals surface area contributed by atoms with Gasteiger partial charge in [-0.1, -0.05) is 30.3 Å². The van der Waals surface area contributed by atoms with Gasteiger partial charge in [0.05, 0.1) is 0 Å². The molecule has 0 aliphatic rings. The molecule has 0 saturated carbocycles. The molecule has 4 heteroatoms. The summed E-state index contributed by atoms with van der Waals surface area (Å²) in [4.78, 5) is 22.0. The van der Waals surface area contributed by atoms with Gasteiger partial charge < -0.3 is 10.2 Å². The van der Waals surface area contributed by atoms with Crippen molar-refractivity contribution in [2.75, 3.05) is 0 Å². The normalized spacial score (nSPS) is 10.2. The Kier molecular flexibility index (Phi) is 3.33. The summed E-state index contributed by atoms with van der Waals surface area (Å²) in [5.41, 5.74) is 1.97. The molecular formula is C15H12O4. The van der Waals surface area contributed by atoms with Crippen molar-refractivity contribution in [2.45, 2.75) is 6.92 Å². The lowest BCUT2D eigenvalue weighted by atomic mass is 10.0. The molecule has 0 aliphatic heterocycles. The van der Waals surface area contributed by atoms with E-state index in [1.54, 1.807) is 30.3 Å². The molecule has 0 saturated heterocycles. The minimum atomic E-state index is -1.17. The van der Waals surface area contributed by atoms with Gasteiger partial charge in [-0.3, -0.25) is 4.79 Å². The zero-order valence-electron chi connectivity index (χ0n) is 10.3. The van der Waals surface area contributed by atoms with Crippen LogP contribution in [0, 0.1) is 0 Å². The average Bonchev–Trinajstić information content (AvgIpc) is 2.38.